The lowest BCUT2D eigenvalue weighted by Crippen LogP contribution is -2.06. The van der Waals surface area contributed by atoms with Gasteiger partial charge in [-0.1, -0.05) is 43.7 Å². The van der Waals surface area contributed by atoms with Crippen molar-refractivity contribution >= 4 is 33.9 Å². The Bertz CT molecular complexity index is 842. The summed E-state index contributed by atoms with van der Waals surface area (Å²) < 4.78 is 11.9. The van der Waals surface area contributed by atoms with Gasteiger partial charge in [-0.15, -0.1) is 0 Å². The summed E-state index contributed by atoms with van der Waals surface area (Å²) in [7, 11) is 0. The molecule has 0 bridgehead atoms. The SMILES string of the molecule is CCCCOc1ccccc1/C=C1\N=C(c2ccccc2Br)OC1=O. The number of ether oxygens (including phenoxy) is 2. The van der Waals surface area contributed by atoms with Crippen LogP contribution in [0.25, 0.3) is 6.08 Å². The van der Waals surface area contributed by atoms with Crippen LogP contribution in [-0.2, 0) is 9.53 Å². The van der Waals surface area contributed by atoms with Crippen molar-refractivity contribution in [2.24, 2.45) is 4.99 Å². The Balaban J connectivity index is 1.89. The fraction of sp³-hybridized carbons (Fsp3) is 0.200. The van der Waals surface area contributed by atoms with Crippen LogP contribution in [0.4, 0.5) is 0 Å². The number of halogens is 1. The third-order valence-corrected chi connectivity index (χ3v) is 4.38. The predicted octanol–water partition coefficient (Wildman–Crippen LogP) is 4.97. The summed E-state index contributed by atoms with van der Waals surface area (Å²) in [5.74, 6) is 0.572. The maximum atomic E-state index is 12.2. The molecule has 5 heteroatoms. The molecule has 1 aliphatic heterocycles. The quantitative estimate of drug-likeness (QED) is 0.391. The molecule has 1 heterocycles. The number of para-hydroxylation sites is 1. The molecular formula is C20H18BrNO3. The maximum Gasteiger partial charge on any atom is 0.363 e. The zero-order valence-corrected chi connectivity index (χ0v) is 15.5. The minimum absolute atomic E-state index is 0.261. The van der Waals surface area contributed by atoms with Crippen molar-refractivity contribution in [2.75, 3.05) is 6.61 Å². The lowest BCUT2D eigenvalue weighted by atomic mass is 10.1. The van der Waals surface area contributed by atoms with Gasteiger partial charge in [0, 0.05) is 10.0 Å². The smallest absolute Gasteiger partial charge is 0.363 e. The number of unbranched alkanes of at least 4 members (excludes halogenated alkanes) is 1. The largest absolute Gasteiger partial charge is 0.493 e. The number of benzene rings is 2. The summed E-state index contributed by atoms with van der Waals surface area (Å²) in [6.07, 6.45) is 3.75. The second-order valence-electron chi connectivity index (χ2n) is 5.56. The first-order chi connectivity index (χ1) is 12.2. The van der Waals surface area contributed by atoms with Gasteiger partial charge in [0.25, 0.3) is 0 Å². The molecule has 0 N–H and O–H groups in total. The van der Waals surface area contributed by atoms with Crippen LogP contribution in [0.5, 0.6) is 5.75 Å². The zero-order chi connectivity index (χ0) is 17.6. The van der Waals surface area contributed by atoms with E-state index in [-0.39, 0.29) is 5.70 Å². The molecule has 2 aromatic carbocycles. The van der Waals surface area contributed by atoms with E-state index in [0.717, 1.165) is 34.2 Å². The normalized spacial score (nSPS) is 15.2. The van der Waals surface area contributed by atoms with Gasteiger partial charge in [0.05, 0.1) is 12.2 Å². The molecule has 0 spiro atoms. The predicted molar refractivity (Wildman–Crippen MR) is 102 cm³/mol. The average Bonchev–Trinajstić information content (AvgIpc) is 2.97. The van der Waals surface area contributed by atoms with E-state index in [1.54, 1.807) is 6.08 Å². The number of rotatable bonds is 6. The molecule has 0 unspecified atom stereocenters. The molecule has 0 radical (unpaired) electrons. The topological polar surface area (TPSA) is 47.9 Å². The van der Waals surface area contributed by atoms with Crippen molar-refractivity contribution in [3.8, 4) is 5.75 Å². The summed E-state index contributed by atoms with van der Waals surface area (Å²) in [5, 5.41) is 0. The second kappa shape index (κ2) is 8.12. The van der Waals surface area contributed by atoms with Gasteiger partial charge in [0.15, 0.2) is 5.70 Å². The summed E-state index contributed by atoms with van der Waals surface area (Å²) >= 11 is 3.45. The Morgan fingerprint density at radius 2 is 1.92 bits per heavy atom. The Labute approximate surface area is 155 Å². The first-order valence-corrected chi connectivity index (χ1v) is 8.97. The van der Waals surface area contributed by atoms with Crippen LogP contribution in [0.3, 0.4) is 0 Å². The molecule has 0 aliphatic carbocycles. The van der Waals surface area contributed by atoms with Gasteiger partial charge >= 0.3 is 5.97 Å². The highest BCUT2D eigenvalue weighted by atomic mass is 79.9. The molecule has 4 nitrogen and oxygen atoms in total. The van der Waals surface area contributed by atoms with Gasteiger partial charge in [0.1, 0.15) is 5.75 Å². The molecule has 2 aromatic rings. The Morgan fingerprint density at radius 3 is 2.72 bits per heavy atom. The third kappa shape index (κ3) is 4.17. The fourth-order valence-electron chi connectivity index (χ4n) is 2.36. The van der Waals surface area contributed by atoms with Gasteiger partial charge in [0.2, 0.25) is 5.90 Å². The lowest BCUT2D eigenvalue weighted by Gasteiger charge is -2.08. The van der Waals surface area contributed by atoms with E-state index in [4.69, 9.17) is 9.47 Å². The molecule has 3 rings (SSSR count). The molecular weight excluding hydrogens is 382 g/mol. The highest BCUT2D eigenvalue weighted by Crippen LogP contribution is 2.26. The third-order valence-electron chi connectivity index (χ3n) is 3.69. The Kier molecular flexibility index (Phi) is 5.66. The summed E-state index contributed by atoms with van der Waals surface area (Å²) in [5.41, 5.74) is 1.81. The average molecular weight is 400 g/mol. The molecule has 128 valence electrons. The number of carbonyl (C=O) groups excluding carboxylic acids is 1. The van der Waals surface area contributed by atoms with Crippen LogP contribution < -0.4 is 4.74 Å². The molecule has 0 aromatic heterocycles. The summed E-state index contributed by atoms with van der Waals surface area (Å²) in [6, 6.07) is 15.1. The number of nitrogens with zero attached hydrogens (tertiary/aromatic N) is 1. The maximum absolute atomic E-state index is 12.2. The first kappa shape index (κ1) is 17.4. The number of cyclic esters (lactones) is 1. The fourth-order valence-corrected chi connectivity index (χ4v) is 2.82. The zero-order valence-electron chi connectivity index (χ0n) is 13.9. The second-order valence-corrected chi connectivity index (χ2v) is 6.41. The monoisotopic (exact) mass is 399 g/mol. The van der Waals surface area contributed by atoms with E-state index >= 15 is 0 Å². The number of hydrogen-bond acceptors (Lipinski definition) is 4. The summed E-state index contributed by atoms with van der Waals surface area (Å²) in [6.45, 7) is 2.76. The van der Waals surface area contributed by atoms with Crippen molar-refractivity contribution in [1.29, 1.82) is 0 Å². The molecule has 0 saturated carbocycles. The first-order valence-electron chi connectivity index (χ1n) is 8.18. The molecule has 0 fully saturated rings. The highest BCUT2D eigenvalue weighted by Gasteiger charge is 2.25. The number of hydrogen-bond donors (Lipinski definition) is 0. The van der Waals surface area contributed by atoms with Crippen molar-refractivity contribution in [2.45, 2.75) is 19.8 Å². The lowest BCUT2D eigenvalue weighted by molar-refractivity contribution is -0.129. The van der Waals surface area contributed by atoms with E-state index in [9.17, 15) is 4.79 Å². The highest BCUT2D eigenvalue weighted by molar-refractivity contribution is 9.10. The minimum atomic E-state index is -0.464. The molecule has 0 amide bonds. The van der Waals surface area contributed by atoms with E-state index in [0.29, 0.717) is 12.5 Å². The number of aliphatic imine (C=N–C) groups is 1. The van der Waals surface area contributed by atoms with E-state index < -0.39 is 5.97 Å². The van der Waals surface area contributed by atoms with E-state index in [1.165, 1.54) is 0 Å². The number of carbonyl (C=O) groups is 1. The van der Waals surface area contributed by atoms with Crippen molar-refractivity contribution in [3.05, 3.63) is 69.8 Å². The molecule has 25 heavy (non-hydrogen) atoms. The Hall–Kier alpha value is -2.40. The van der Waals surface area contributed by atoms with Crippen molar-refractivity contribution in [3.63, 3.8) is 0 Å². The standard InChI is InChI=1S/C20H18BrNO3/c1-2-3-12-24-18-11-7-4-8-14(18)13-17-20(23)25-19(22-17)15-9-5-6-10-16(15)21/h4-11,13H,2-3,12H2,1H3/b17-13-. The van der Waals surface area contributed by atoms with Gasteiger partial charge in [-0.25, -0.2) is 9.79 Å². The van der Waals surface area contributed by atoms with Crippen LogP contribution in [0.2, 0.25) is 0 Å². The van der Waals surface area contributed by atoms with Crippen LogP contribution in [-0.4, -0.2) is 18.5 Å². The van der Waals surface area contributed by atoms with Crippen LogP contribution in [0.1, 0.15) is 30.9 Å². The van der Waals surface area contributed by atoms with Crippen molar-refractivity contribution < 1.29 is 14.3 Å². The Morgan fingerprint density at radius 1 is 1.16 bits per heavy atom. The van der Waals surface area contributed by atoms with Gasteiger partial charge in [-0.3, -0.25) is 0 Å². The molecule has 1 aliphatic rings. The van der Waals surface area contributed by atoms with Crippen LogP contribution in [0, 0.1) is 0 Å². The van der Waals surface area contributed by atoms with Gasteiger partial charge in [-0.2, -0.15) is 0 Å². The van der Waals surface area contributed by atoms with Crippen molar-refractivity contribution in [1.82, 2.24) is 0 Å². The van der Waals surface area contributed by atoms with Crippen LogP contribution >= 0.6 is 15.9 Å². The number of esters is 1. The van der Waals surface area contributed by atoms with E-state index in [2.05, 4.69) is 27.8 Å². The van der Waals surface area contributed by atoms with E-state index in [1.807, 2.05) is 48.5 Å². The molecule has 0 saturated heterocycles. The molecule has 0 atom stereocenters. The van der Waals surface area contributed by atoms with Crippen LogP contribution in [0.15, 0.2) is 63.7 Å². The summed E-state index contributed by atoms with van der Waals surface area (Å²) in [4.78, 5) is 16.5. The van der Waals surface area contributed by atoms with Gasteiger partial charge in [-0.05, 0) is 46.6 Å². The minimum Gasteiger partial charge on any atom is -0.493 e. The van der Waals surface area contributed by atoms with Gasteiger partial charge < -0.3 is 9.47 Å².